The van der Waals surface area contributed by atoms with E-state index >= 15 is 0 Å². The standard InChI is InChI=1S/C11H12Cl2N4/c1-14-5-9-7-17(16-15-9)6-8-3-2-4-10(12)11(8)13/h2-4,7,14H,5-6H2,1H3. The summed E-state index contributed by atoms with van der Waals surface area (Å²) in [4.78, 5) is 0. The molecule has 17 heavy (non-hydrogen) atoms. The number of hydrogen-bond acceptors (Lipinski definition) is 3. The molecule has 2 rings (SSSR count). The summed E-state index contributed by atoms with van der Waals surface area (Å²) in [5, 5.41) is 12.2. The minimum atomic E-state index is 0.555. The number of aromatic nitrogens is 3. The molecular formula is C11H12Cl2N4. The fraction of sp³-hybridized carbons (Fsp3) is 0.273. The molecule has 1 heterocycles. The molecule has 0 fully saturated rings. The lowest BCUT2D eigenvalue weighted by molar-refractivity contribution is 0.649. The lowest BCUT2D eigenvalue weighted by Crippen LogP contribution is -2.05. The van der Waals surface area contributed by atoms with Crippen LogP contribution in [-0.4, -0.2) is 22.0 Å². The molecule has 90 valence electrons. The summed E-state index contributed by atoms with van der Waals surface area (Å²) in [6, 6.07) is 5.56. The van der Waals surface area contributed by atoms with Crippen LogP contribution < -0.4 is 5.32 Å². The second-order valence-electron chi connectivity index (χ2n) is 3.65. The molecule has 1 aromatic carbocycles. The quantitative estimate of drug-likeness (QED) is 0.928. The largest absolute Gasteiger partial charge is 0.314 e. The van der Waals surface area contributed by atoms with Crippen LogP contribution in [0.25, 0.3) is 0 Å². The molecule has 0 aliphatic heterocycles. The minimum Gasteiger partial charge on any atom is -0.314 e. The van der Waals surface area contributed by atoms with Crippen LogP contribution in [0.3, 0.4) is 0 Å². The molecular weight excluding hydrogens is 259 g/mol. The van der Waals surface area contributed by atoms with Gasteiger partial charge in [-0.1, -0.05) is 40.5 Å². The van der Waals surface area contributed by atoms with Gasteiger partial charge in [0.2, 0.25) is 0 Å². The van der Waals surface area contributed by atoms with E-state index in [2.05, 4.69) is 15.6 Å². The summed E-state index contributed by atoms with van der Waals surface area (Å²) >= 11 is 12.1. The molecule has 0 amide bonds. The zero-order chi connectivity index (χ0) is 12.3. The van der Waals surface area contributed by atoms with Gasteiger partial charge >= 0.3 is 0 Å². The SMILES string of the molecule is CNCc1cn(Cc2cccc(Cl)c2Cl)nn1. The number of hydrogen-bond donors (Lipinski definition) is 1. The van der Waals surface area contributed by atoms with Crippen LogP contribution in [0.4, 0.5) is 0 Å². The van der Waals surface area contributed by atoms with E-state index in [1.165, 1.54) is 0 Å². The van der Waals surface area contributed by atoms with Gasteiger partial charge in [0.15, 0.2) is 0 Å². The number of nitrogens with one attached hydrogen (secondary N) is 1. The van der Waals surface area contributed by atoms with Crippen molar-refractivity contribution in [3.63, 3.8) is 0 Å². The Morgan fingerprint density at radius 1 is 1.35 bits per heavy atom. The second kappa shape index (κ2) is 5.49. The number of nitrogens with zero attached hydrogens (tertiary/aromatic N) is 3. The summed E-state index contributed by atoms with van der Waals surface area (Å²) in [6.07, 6.45) is 1.88. The first-order valence-corrected chi connectivity index (χ1v) is 5.93. The van der Waals surface area contributed by atoms with Crippen LogP contribution in [0.1, 0.15) is 11.3 Å². The van der Waals surface area contributed by atoms with Gasteiger partial charge in [0.25, 0.3) is 0 Å². The molecule has 0 saturated carbocycles. The van der Waals surface area contributed by atoms with Crippen molar-refractivity contribution in [3.8, 4) is 0 Å². The second-order valence-corrected chi connectivity index (χ2v) is 4.44. The topological polar surface area (TPSA) is 42.7 Å². The Bertz CT molecular complexity index is 510. The maximum absolute atomic E-state index is 6.11. The summed E-state index contributed by atoms with van der Waals surface area (Å²) in [6.45, 7) is 1.26. The molecule has 0 aliphatic carbocycles. The summed E-state index contributed by atoms with van der Waals surface area (Å²) in [7, 11) is 1.87. The van der Waals surface area contributed by atoms with Gasteiger partial charge in [-0.3, -0.25) is 0 Å². The molecule has 0 bridgehead atoms. The van der Waals surface area contributed by atoms with Crippen molar-refractivity contribution in [2.24, 2.45) is 0 Å². The monoisotopic (exact) mass is 270 g/mol. The molecule has 0 spiro atoms. The summed E-state index contributed by atoms with van der Waals surface area (Å²) in [5.41, 5.74) is 1.82. The Morgan fingerprint density at radius 2 is 2.18 bits per heavy atom. The highest BCUT2D eigenvalue weighted by molar-refractivity contribution is 6.42. The lowest BCUT2D eigenvalue weighted by atomic mass is 10.2. The van der Waals surface area contributed by atoms with Crippen LogP contribution in [0.5, 0.6) is 0 Å². The maximum atomic E-state index is 6.11. The summed E-state index contributed by atoms with van der Waals surface area (Å²) in [5.74, 6) is 0. The van der Waals surface area contributed by atoms with Crippen molar-refractivity contribution in [2.45, 2.75) is 13.1 Å². The third kappa shape index (κ3) is 2.97. The van der Waals surface area contributed by atoms with Crippen LogP contribution in [0.2, 0.25) is 10.0 Å². The predicted molar refractivity (Wildman–Crippen MR) is 68.3 cm³/mol. The van der Waals surface area contributed by atoms with Crippen molar-refractivity contribution in [1.29, 1.82) is 0 Å². The average Bonchev–Trinajstić information content (AvgIpc) is 2.73. The predicted octanol–water partition coefficient (Wildman–Crippen LogP) is 2.35. The van der Waals surface area contributed by atoms with E-state index in [0.29, 0.717) is 23.1 Å². The van der Waals surface area contributed by atoms with Crippen molar-refractivity contribution >= 4 is 23.2 Å². The van der Waals surface area contributed by atoms with Gasteiger partial charge in [-0.25, -0.2) is 4.68 Å². The molecule has 0 atom stereocenters. The summed E-state index contributed by atoms with van der Waals surface area (Å²) < 4.78 is 1.74. The maximum Gasteiger partial charge on any atom is 0.0964 e. The first-order valence-electron chi connectivity index (χ1n) is 5.17. The van der Waals surface area contributed by atoms with E-state index in [1.54, 1.807) is 10.7 Å². The van der Waals surface area contributed by atoms with E-state index in [9.17, 15) is 0 Å². The van der Waals surface area contributed by atoms with E-state index < -0.39 is 0 Å². The van der Waals surface area contributed by atoms with E-state index in [0.717, 1.165) is 11.3 Å². The van der Waals surface area contributed by atoms with Crippen molar-refractivity contribution in [2.75, 3.05) is 7.05 Å². The normalized spacial score (nSPS) is 10.8. The van der Waals surface area contributed by atoms with Crippen LogP contribution >= 0.6 is 23.2 Å². The Balaban J connectivity index is 2.16. The van der Waals surface area contributed by atoms with E-state index in [-0.39, 0.29) is 0 Å². The average molecular weight is 271 g/mol. The van der Waals surface area contributed by atoms with Gasteiger partial charge < -0.3 is 5.32 Å². The zero-order valence-electron chi connectivity index (χ0n) is 9.32. The first kappa shape index (κ1) is 12.4. The van der Waals surface area contributed by atoms with Gasteiger partial charge in [-0.2, -0.15) is 0 Å². The molecule has 2 aromatic rings. The molecule has 6 heteroatoms. The lowest BCUT2D eigenvalue weighted by Gasteiger charge is -2.04. The third-order valence-corrected chi connectivity index (χ3v) is 3.17. The fourth-order valence-electron chi connectivity index (χ4n) is 1.52. The molecule has 0 radical (unpaired) electrons. The van der Waals surface area contributed by atoms with Crippen molar-refractivity contribution in [3.05, 3.63) is 45.7 Å². The highest BCUT2D eigenvalue weighted by Gasteiger charge is 2.06. The minimum absolute atomic E-state index is 0.555. The van der Waals surface area contributed by atoms with E-state index in [1.807, 2.05) is 25.4 Å². The van der Waals surface area contributed by atoms with Crippen LogP contribution in [0.15, 0.2) is 24.4 Å². The van der Waals surface area contributed by atoms with Gasteiger partial charge in [0.1, 0.15) is 0 Å². The molecule has 4 nitrogen and oxygen atoms in total. The smallest absolute Gasteiger partial charge is 0.0964 e. The Hall–Kier alpha value is -1.10. The highest BCUT2D eigenvalue weighted by atomic mass is 35.5. The van der Waals surface area contributed by atoms with Gasteiger partial charge in [0.05, 0.1) is 28.5 Å². The molecule has 0 aliphatic rings. The Labute approximate surface area is 110 Å². The van der Waals surface area contributed by atoms with Gasteiger partial charge in [-0.05, 0) is 18.7 Å². The highest BCUT2D eigenvalue weighted by Crippen LogP contribution is 2.25. The Kier molecular flexibility index (Phi) is 3.99. The Morgan fingerprint density at radius 3 is 2.94 bits per heavy atom. The molecule has 0 saturated heterocycles. The number of halogens is 2. The fourth-order valence-corrected chi connectivity index (χ4v) is 1.90. The number of benzene rings is 1. The molecule has 1 N–H and O–H groups in total. The van der Waals surface area contributed by atoms with Crippen LogP contribution in [-0.2, 0) is 13.1 Å². The van der Waals surface area contributed by atoms with Gasteiger partial charge in [-0.15, -0.1) is 5.10 Å². The molecule has 1 aromatic heterocycles. The zero-order valence-corrected chi connectivity index (χ0v) is 10.8. The third-order valence-electron chi connectivity index (χ3n) is 2.31. The number of rotatable bonds is 4. The first-order chi connectivity index (χ1) is 8.20. The molecule has 0 unspecified atom stereocenters. The van der Waals surface area contributed by atoms with Crippen LogP contribution in [0, 0.1) is 0 Å². The van der Waals surface area contributed by atoms with E-state index in [4.69, 9.17) is 23.2 Å². The van der Waals surface area contributed by atoms with Crippen molar-refractivity contribution in [1.82, 2.24) is 20.3 Å². The van der Waals surface area contributed by atoms with Gasteiger partial charge in [0, 0.05) is 6.54 Å². The van der Waals surface area contributed by atoms with Crippen molar-refractivity contribution < 1.29 is 0 Å².